The first-order valence-corrected chi connectivity index (χ1v) is 5.80. The van der Waals surface area contributed by atoms with Crippen LogP contribution in [0.5, 0.6) is 0 Å². The molecule has 0 radical (unpaired) electrons. The zero-order valence-corrected chi connectivity index (χ0v) is 9.84. The van der Waals surface area contributed by atoms with Crippen LogP contribution in [-0.2, 0) is 6.42 Å². The maximum absolute atomic E-state index is 3.89. The van der Waals surface area contributed by atoms with Gasteiger partial charge in [0.1, 0.15) is 0 Å². The fourth-order valence-corrected chi connectivity index (χ4v) is 1.78. The molecule has 0 aliphatic rings. The molecule has 17 heavy (non-hydrogen) atoms. The third-order valence-electron chi connectivity index (χ3n) is 2.66. The number of hydrogen-bond donors (Lipinski definition) is 0. The summed E-state index contributed by atoms with van der Waals surface area (Å²) in [5.74, 6) is 0. The molecule has 0 bridgehead atoms. The molecular formula is C17H16. The van der Waals surface area contributed by atoms with Gasteiger partial charge < -0.3 is 0 Å². The van der Waals surface area contributed by atoms with Gasteiger partial charge in [-0.15, -0.1) is 0 Å². The van der Waals surface area contributed by atoms with Gasteiger partial charge in [-0.1, -0.05) is 79.4 Å². The van der Waals surface area contributed by atoms with Crippen molar-refractivity contribution >= 4 is 6.08 Å². The molecule has 0 aliphatic heterocycles. The molecule has 0 amide bonds. The molecular weight excluding hydrogens is 204 g/mol. The van der Waals surface area contributed by atoms with E-state index in [0.717, 1.165) is 6.42 Å². The third kappa shape index (κ3) is 3.46. The molecule has 0 N–H and O–H groups in total. The van der Waals surface area contributed by atoms with E-state index in [-0.39, 0.29) is 0 Å². The molecule has 0 atom stereocenters. The van der Waals surface area contributed by atoms with Gasteiger partial charge in [-0.05, 0) is 23.1 Å². The van der Waals surface area contributed by atoms with E-state index < -0.39 is 0 Å². The van der Waals surface area contributed by atoms with E-state index in [0.29, 0.717) is 0 Å². The van der Waals surface area contributed by atoms with Crippen LogP contribution in [0.3, 0.4) is 0 Å². The normalized spacial score (nSPS) is 11.2. The van der Waals surface area contributed by atoms with Crippen LogP contribution in [0.15, 0.2) is 78.9 Å². The number of hydrogen-bond acceptors (Lipinski definition) is 0. The summed E-state index contributed by atoms with van der Waals surface area (Å²) in [6, 6.07) is 20.8. The minimum Gasteiger partial charge on any atom is -0.0988 e. The van der Waals surface area contributed by atoms with Crippen molar-refractivity contribution < 1.29 is 0 Å². The average Bonchev–Trinajstić information content (AvgIpc) is 2.40. The number of benzene rings is 2. The molecule has 0 unspecified atom stereocenters. The van der Waals surface area contributed by atoms with Crippen LogP contribution in [0.4, 0.5) is 0 Å². The van der Waals surface area contributed by atoms with E-state index in [1.807, 2.05) is 18.2 Å². The van der Waals surface area contributed by atoms with E-state index in [2.05, 4.69) is 61.2 Å². The summed E-state index contributed by atoms with van der Waals surface area (Å²) in [4.78, 5) is 0. The lowest BCUT2D eigenvalue weighted by Gasteiger charge is -2.03. The van der Waals surface area contributed by atoms with E-state index in [9.17, 15) is 0 Å². The quantitative estimate of drug-likeness (QED) is 0.665. The molecule has 2 rings (SSSR count). The van der Waals surface area contributed by atoms with E-state index in [1.165, 1.54) is 16.7 Å². The summed E-state index contributed by atoms with van der Waals surface area (Å²) in [6.45, 7) is 3.89. The minimum absolute atomic E-state index is 0.930. The SMILES string of the molecule is C=C/C(=C\c1ccccc1)Cc1ccccc1. The lowest BCUT2D eigenvalue weighted by Crippen LogP contribution is -1.87. The van der Waals surface area contributed by atoms with Gasteiger partial charge in [-0.2, -0.15) is 0 Å². The highest BCUT2D eigenvalue weighted by Crippen LogP contribution is 2.13. The largest absolute Gasteiger partial charge is 0.0988 e. The lowest BCUT2D eigenvalue weighted by molar-refractivity contribution is 1.21. The summed E-state index contributed by atoms with van der Waals surface area (Å²) >= 11 is 0. The van der Waals surface area contributed by atoms with E-state index >= 15 is 0 Å². The Hall–Kier alpha value is -2.08. The van der Waals surface area contributed by atoms with Crippen molar-refractivity contribution in [1.29, 1.82) is 0 Å². The third-order valence-corrected chi connectivity index (χ3v) is 2.66. The zero-order valence-electron chi connectivity index (χ0n) is 9.84. The second-order valence-electron chi connectivity index (χ2n) is 4.00. The van der Waals surface area contributed by atoms with Crippen LogP contribution in [-0.4, -0.2) is 0 Å². The van der Waals surface area contributed by atoms with Crippen molar-refractivity contribution in [2.75, 3.05) is 0 Å². The summed E-state index contributed by atoms with van der Waals surface area (Å²) in [6.07, 6.45) is 5.04. The highest BCUT2D eigenvalue weighted by atomic mass is 14.0. The average molecular weight is 220 g/mol. The minimum atomic E-state index is 0.930. The van der Waals surface area contributed by atoms with Gasteiger partial charge in [0, 0.05) is 0 Å². The van der Waals surface area contributed by atoms with Crippen LogP contribution in [0.2, 0.25) is 0 Å². The molecule has 0 saturated carbocycles. The first-order valence-electron chi connectivity index (χ1n) is 5.80. The van der Waals surface area contributed by atoms with Gasteiger partial charge in [0.05, 0.1) is 0 Å². The second kappa shape index (κ2) is 5.86. The molecule has 0 spiro atoms. The fourth-order valence-electron chi connectivity index (χ4n) is 1.78. The molecule has 0 saturated heterocycles. The highest BCUT2D eigenvalue weighted by Gasteiger charge is 1.96. The number of rotatable bonds is 4. The Kier molecular flexibility index (Phi) is 3.93. The van der Waals surface area contributed by atoms with Crippen molar-refractivity contribution in [1.82, 2.24) is 0 Å². The van der Waals surface area contributed by atoms with E-state index in [4.69, 9.17) is 0 Å². The van der Waals surface area contributed by atoms with Gasteiger partial charge in [-0.3, -0.25) is 0 Å². The Bertz CT molecular complexity index is 492. The molecule has 2 aromatic carbocycles. The molecule has 0 heteroatoms. The fraction of sp³-hybridized carbons (Fsp3) is 0.0588. The van der Waals surface area contributed by atoms with Crippen molar-refractivity contribution in [3.05, 3.63) is 90.0 Å². The van der Waals surface area contributed by atoms with Gasteiger partial charge in [-0.25, -0.2) is 0 Å². The van der Waals surface area contributed by atoms with Gasteiger partial charge in [0.2, 0.25) is 0 Å². The van der Waals surface area contributed by atoms with Crippen molar-refractivity contribution in [3.8, 4) is 0 Å². The van der Waals surface area contributed by atoms with Crippen LogP contribution in [0, 0.1) is 0 Å². The van der Waals surface area contributed by atoms with Crippen LogP contribution in [0.1, 0.15) is 11.1 Å². The predicted octanol–water partition coefficient (Wildman–Crippen LogP) is 4.50. The molecule has 0 aliphatic carbocycles. The predicted molar refractivity (Wildman–Crippen MR) is 74.8 cm³/mol. The monoisotopic (exact) mass is 220 g/mol. The summed E-state index contributed by atoms with van der Waals surface area (Å²) < 4.78 is 0. The Balaban J connectivity index is 2.18. The Morgan fingerprint density at radius 2 is 1.47 bits per heavy atom. The Morgan fingerprint density at radius 1 is 0.882 bits per heavy atom. The smallest absolute Gasteiger partial charge is 0.00258 e. The van der Waals surface area contributed by atoms with Gasteiger partial charge >= 0.3 is 0 Å². The summed E-state index contributed by atoms with van der Waals surface area (Å²) in [5.41, 5.74) is 3.77. The van der Waals surface area contributed by atoms with Crippen LogP contribution in [0.25, 0.3) is 6.08 Å². The molecule has 0 aromatic heterocycles. The topological polar surface area (TPSA) is 0 Å². The van der Waals surface area contributed by atoms with Crippen LogP contribution < -0.4 is 0 Å². The second-order valence-corrected chi connectivity index (χ2v) is 4.00. The first kappa shape index (κ1) is 11.4. The van der Waals surface area contributed by atoms with Crippen molar-refractivity contribution in [3.63, 3.8) is 0 Å². The maximum atomic E-state index is 3.89. The molecule has 0 heterocycles. The lowest BCUT2D eigenvalue weighted by atomic mass is 10.0. The van der Waals surface area contributed by atoms with Crippen molar-refractivity contribution in [2.45, 2.75) is 6.42 Å². The standard InChI is InChI=1S/C17H16/c1-2-15(13-16-9-5-3-6-10-16)14-17-11-7-4-8-12-17/h2-13H,1,14H2/b15-13+. The first-order chi connectivity index (χ1) is 8.38. The summed E-state index contributed by atoms with van der Waals surface area (Å²) in [5, 5.41) is 0. The highest BCUT2D eigenvalue weighted by molar-refractivity contribution is 5.56. The number of allylic oxidation sites excluding steroid dienone is 2. The maximum Gasteiger partial charge on any atom is -0.00258 e. The van der Waals surface area contributed by atoms with Gasteiger partial charge in [0.15, 0.2) is 0 Å². The van der Waals surface area contributed by atoms with Crippen molar-refractivity contribution in [2.24, 2.45) is 0 Å². The Morgan fingerprint density at radius 3 is 2.06 bits per heavy atom. The molecule has 0 fully saturated rings. The van der Waals surface area contributed by atoms with Gasteiger partial charge in [0.25, 0.3) is 0 Å². The molecule has 0 nitrogen and oxygen atoms in total. The molecule has 84 valence electrons. The Labute approximate surface area is 103 Å². The van der Waals surface area contributed by atoms with E-state index in [1.54, 1.807) is 0 Å². The molecule has 2 aromatic rings. The van der Waals surface area contributed by atoms with Crippen LogP contribution >= 0.6 is 0 Å². The zero-order chi connectivity index (χ0) is 11.9. The summed E-state index contributed by atoms with van der Waals surface area (Å²) in [7, 11) is 0.